The molecule has 0 radical (unpaired) electrons. The molecule has 0 unspecified atom stereocenters. The highest BCUT2D eigenvalue weighted by atomic mass is 35.5. The third-order valence-corrected chi connectivity index (χ3v) is 4.71. The molecule has 2 aromatic heterocycles. The van der Waals surface area contributed by atoms with Crippen LogP contribution in [0.1, 0.15) is 11.3 Å². The fourth-order valence-corrected chi connectivity index (χ4v) is 3.38. The normalized spacial score (nSPS) is 11.6. The maximum atomic E-state index is 12.4. The van der Waals surface area contributed by atoms with Crippen LogP contribution in [0.4, 0.5) is 5.69 Å². The first-order valence-electron chi connectivity index (χ1n) is 6.76. The predicted molar refractivity (Wildman–Crippen MR) is 88.0 cm³/mol. The van der Waals surface area contributed by atoms with Gasteiger partial charge in [-0.1, -0.05) is 11.6 Å². The summed E-state index contributed by atoms with van der Waals surface area (Å²) in [4.78, 5) is 0. The van der Waals surface area contributed by atoms with E-state index < -0.39 is 10.0 Å². The molecule has 120 valence electrons. The number of benzene rings is 1. The number of nitrogens with one attached hydrogen (secondary N) is 2. The van der Waals surface area contributed by atoms with Gasteiger partial charge in [0, 0.05) is 10.7 Å². The molecule has 0 atom stereocenters. The average Bonchev–Trinajstić information content (AvgIpc) is 3.10. The summed E-state index contributed by atoms with van der Waals surface area (Å²) >= 11 is 5.87. The molecule has 0 saturated heterocycles. The van der Waals surface area contributed by atoms with Gasteiger partial charge in [-0.15, -0.1) is 0 Å². The number of H-pyrrole nitrogens is 1. The Kier molecular flexibility index (Phi) is 3.91. The molecule has 0 aliphatic heterocycles. The first-order valence-corrected chi connectivity index (χ1v) is 8.62. The molecule has 0 saturated carbocycles. The van der Waals surface area contributed by atoms with Crippen molar-refractivity contribution in [3.63, 3.8) is 0 Å². The van der Waals surface area contributed by atoms with Gasteiger partial charge in [0.15, 0.2) is 5.76 Å². The number of furan rings is 1. The minimum Gasteiger partial charge on any atom is -0.441 e. The van der Waals surface area contributed by atoms with Gasteiger partial charge in [-0.25, -0.2) is 0 Å². The van der Waals surface area contributed by atoms with Crippen LogP contribution in [0.15, 0.2) is 45.9 Å². The predicted octanol–water partition coefficient (Wildman–Crippen LogP) is 3.74. The Morgan fingerprint density at radius 3 is 2.61 bits per heavy atom. The largest absolute Gasteiger partial charge is 0.441 e. The lowest BCUT2D eigenvalue weighted by molar-refractivity contribution is 0.461. The number of hydrogen-bond acceptors (Lipinski definition) is 4. The molecule has 2 N–H and O–H groups in total. The number of nitrogens with zero attached hydrogens (tertiary/aromatic N) is 1. The monoisotopic (exact) mass is 351 g/mol. The van der Waals surface area contributed by atoms with Gasteiger partial charge in [0.2, 0.25) is 5.09 Å². The number of aromatic amines is 1. The summed E-state index contributed by atoms with van der Waals surface area (Å²) in [5.41, 5.74) is 2.57. The molecular weight excluding hydrogens is 338 g/mol. The van der Waals surface area contributed by atoms with Crippen LogP contribution in [0, 0.1) is 13.8 Å². The Morgan fingerprint density at radius 1 is 1.17 bits per heavy atom. The van der Waals surface area contributed by atoms with Crippen molar-refractivity contribution in [1.82, 2.24) is 10.2 Å². The Balaban J connectivity index is 1.89. The fourth-order valence-electron chi connectivity index (χ4n) is 2.08. The fraction of sp³-hybridized carbons (Fsp3) is 0.133. The van der Waals surface area contributed by atoms with E-state index in [0.29, 0.717) is 22.2 Å². The van der Waals surface area contributed by atoms with Gasteiger partial charge in [0.25, 0.3) is 10.0 Å². The third-order valence-electron chi connectivity index (χ3n) is 3.24. The van der Waals surface area contributed by atoms with E-state index in [0.717, 1.165) is 11.3 Å². The van der Waals surface area contributed by atoms with Crippen molar-refractivity contribution in [3.8, 4) is 11.5 Å². The SMILES string of the molecule is Cc1cc(-c2ccc(S(=O)(=O)Nc3ccc(Cl)cc3C)o2)n[nH]1. The number of rotatable bonds is 4. The van der Waals surface area contributed by atoms with Crippen LogP contribution in [0.2, 0.25) is 5.02 Å². The maximum Gasteiger partial charge on any atom is 0.295 e. The van der Waals surface area contributed by atoms with Gasteiger partial charge in [-0.05, 0) is 55.8 Å². The summed E-state index contributed by atoms with van der Waals surface area (Å²) in [6, 6.07) is 9.64. The molecule has 0 bridgehead atoms. The Labute approximate surface area is 138 Å². The molecule has 3 rings (SSSR count). The van der Waals surface area contributed by atoms with E-state index in [4.69, 9.17) is 16.0 Å². The highest BCUT2D eigenvalue weighted by molar-refractivity contribution is 7.92. The third kappa shape index (κ3) is 3.25. The average molecular weight is 352 g/mol. The van der Waals surface area contributed by atoms with Crippen LogP contribution in [-0.2, 0) is 10.0 Å². The Bertz CT molecular complexity index is 960. The zero-order chi connectivity index (χ0) is 16.6. The Morgan fingerprint density at radius 2 is 1.96 bits per heavy atom. The molecule has 8 heteroatoms. The van der Waals surface area contributed by atoms with Gasteiger partial charge < -0.3 is 4.42 Å². The van der Waals surface area contributed by atoms with E-state index in [-0.39, 0.29) is 5.09 Å². The molecule has 0 fully saturated rings. The molecule has 0 aliphatic carbocycles. The molecule has 0 spiro atoms. The van der Waals surface area contributed by atoms with Crippen LogP contribution < -0.4 is 4.72 Å². The number of anilines is 1. The van der Waals surface area contributed by atoms with Crippen molar-refractivity contribution in [2.75, 3.05) is 4.72 Å². The summed E-state index contributed by atoms with van der Waals surface area (Å²) in [5.74, 6) is 0.377. The van der Waals surface area contributed by atoms with Gasteiger partial charge in [-0.2, -0.15) is 13.5 Å². The number of halogens is 1. The molecule has 2 heterocycles. The minimum absolute atomic E-state index is 0.178. The first-order chi connectivity index (χ1) is 10.8. The van der Waals surface area contributed by atoms with Gasteiger partial charge in [-0.3, -0.25) is 9.82 Å². The van der Waals surface area contributed by atoms with E-state index in [1.54, 1.807) is 37.3 Å². The summed E-state index contributed by atoms with van der Waals surface area (Å²) in [5, 5.41) is 7.18. The van der Waals surface area contributed by atoms with Crippen LogP contribution in [0.25, 0.3) is 11.5 Å². The van der Waals surface area contributed by atoms with Crippen molar-refractivity contribution in [2.45, 2.75) is 18.9 Å². The Hall–Kier alpha value is -2.25. The van der Waals surface area contributed by atoms with E-state index in [9.17, 15) is 8.42 Å². The van der Waals surface area contributed by atoms with Crippen molar-refractivity contribution >= 4 is 27.3 Å². The van der Waals surface area contributed by atoms with Crippen LogP contribution >= 0.6 is 11.6 Å². The van der Waals surface area contributed by atoms with Crippen molar-refractivity contribution in [3.05, 3.63) is 52.7 Å². The van der Waals surface area contributed by atoms with Crippen LogP contribution in [0.5, 0.6) is 0 Å². The number of aromatic nitrogens is 2. The van der Waals surface area contributed by atoms with Crippen molar-refractivity contribution < 1.29 is 12.8 Å². The first kappa shape index (κ1) is 15.6. The molecule has 1 aromatic carbocycles. The zero-order valence-electron chi connectivity index (χ0n) is 12.4. The quantitative estimate of drug-likeness (QED) is 0.749. The number of sulfonamides is 1. The van der Waals surface area contributed by atoms with Crippen LogP contribution in [0.3, 0.4) is 0 Å². The molecular formula is C15H14ClN3O3S. The summed E-state index contributed by atoms with van der Waals surface area (Å²) in [7, 11) is -3.83. The molecule has 0 amide bonds. The minimum atomic E-state index is -3.83. The van der Waals surface area contributed by atoms with Crippen LogP contribution in [-0.4, -0.2) is 18.6 Å². The second-order valence-corrected chi connectivity index (χ2v) is 7.17. The van der Waals surface area contributed by atoms with E-state index in [1.165, 1.54) is 6.07 Å². The highest BCUT2D eigenvalue weighted by Crippen LogP contribution is 2.26. The highest BCUT2D eigenvalue weighted by Gasteiger charge is 2.21. The molecule has 23 heavy (non-hydrogen) atoms. The molecule has 6 nitrogen and oxygen atoms in total. The zero-order valence-corrected chi connectivity index (χ0v) is 14.0. The second-order valence-electron chi connectivity index (χ2n) is 5.12. The van der Waals surface area contributed by atoms with E-state index in [1.807, 2.05) is 6.92 Å². The topological polar surface area (TPSA) is 88.0 Å². The lowest BCUT2D eigenvalue weighted by atomic mass is 10.2. The van der Waals surface area contributed by atoms with Gasteiger partial charge >= 0.3 is 0 Å². The van der Waals surface area contributed by atoms with Crippen molar-refractivity contribution in [1.29, 1.82) is 0 Å². The summed E-state index contributed by atoms with van der Waals surface area (Å²) in [6.45, 7) is 3.62. The van der Waals surface area contributed by atoms with Gasteiger partial charge in [0.1, 0.15) is 5.69 Å². The smallest absolute Gasteiger partial charge is 0.295 e. The second kappa shape index (κ2) is 5.75. The summed E-state index contributed by atoms with van der Waals surface area (Å²) < 4.78 is 32.8. The lowest BCUT2D eigenvalue weighted by Gasteiger charge is -2.08. The van der Waals surface area contributed by atoms with Gasteiger partial charge in [0.05, 0.1) is 5.69 Å². The summed E-state index contributed by atoms with van der Waals surface area (Å²) in [6.07, 6.45) is 0. The molecule has 3 aromatic rings. The lowest BCUT2D eigenvalue weighted by Crippen LogP contribution is -2.12. The number of hydrogen-bond donors (Lipinski definition) is 2. The van der Waals surface area contributed by atoms with E-state index >= 15 is 0 Å². The maximum absolute atomic E-state index is 12.4. The number of aryl methyl sites for hydroxylation is 2. The van der Waals surface area contributed by atoms with Crippen molar-refractivity contribution in [2.24, 2.45) is 0 Å². The van der Waals surface area contributed by atoms with E-state index in [2.05, 4.69) is 14.9 Å². The molecule has 0 aliphatic rings. The standard InChI is InChI=1S/C15H14ClN3O3S/c1-9-7-11(16)3-4-12(9)19-23(20,21)15-6-5-14(22-15)13-8-10(2)17-18-13/h3-8,19H,1-2H3,(H,17,18).